The molecule has 0 radical (unpaired) electrons. The number of oxazole rings is 1. The Morgan fingerprint density at radius 3 is 3.19 bits per heavy atom. The maximum atomic E-state index is 12.6. The lowest BCUT2D eigenvalue weighted by Gasteiger charge is -2.38. The Kier molecular flexibility index (Phi) is 4.40. The van der Waals surface area contributed by atoms with Gasteiger partial charge in [-0.1, -0.05) is 0 Å². The van der Waals surface area contributed by atoms with Crippen molar-refractivity contribution < 1.29 is 23.4 Å². The predicted molar refractivity (Wildman–Crippen MR) is 72.3 cm³/mol. The van der Waals surface area contributed by atoms with Gasteiger partial charge in [0, 0.05) is 13.2 Å². The van der Waals surface area contributed by atoms with Crippen LogP contribution in [0.15, 0.2) is 10.7 Å². The normalized spacial score (nSPS) is 26.0. The number of carbonyl (C=O) groups excluding carboxylic acids is 1. The first-order valence-electron chi connectivity index (χ1n) is 7.38. The molecule has 2 fully saturated rings. The van der Waals surface area contributed by atoms with Crippen LogP contribution in [0.2, 0.25) is 0 Å². The molecule has 2 atom stereocenters. The van der Waals surface area contributed by atoms with Gasteiger partial charge in [0.1, 0.15) is 6.26 Å². The molecule has 0 aromatic carbocycles. The second-order valence-corrected chi connectivity index (χ2v) is 5.12. The largest absolute Gasteiger partial charge is 0.450 e. The lowest BCUT2D eigenvalue weighted by molar-refractivity contribution is -0.0532. The van der Waals surface area contributed by atoms with E-state index in [0.29, 0.717) is 26.4 Å². The number of hydrogen-bond donors (Lipinski definition) is 0. The van der Waals surface area contributed by atoms with Gasteiger partial charge >= 0.3 is 6.08 Å². The SMILES string of the molecule is CCOc1nc(C(=O)N2CCOCC2C2CCCO2)co1. The van der Waals surface area contributed by atoms with Gasteiger partial charge in [0.25, 0.3) is 5.91 Å². The van der Waals surface area contributed by atoms with Gasteiger partial charge in [-0.2, -0.15) is 4.98 Å². The Labute approximate surface area is 123 Å². The standard InChI is InChI=1S/C14H20N2O5/c1-2-19-14-15-10(8-21-14)13(17)16-5-7-18-9-11(16)12-4-3-6-20-12/h8,11-12H,2-7,9H2,1H3. The smallest absolute Gasteiger partial charge is 0.394 e. The quantitative estimate of drug-likeness (QED) is 0.828. The highest BCUT2D eigenvalue weighted by Gasteiger charge is 2.37. The zero-order valence-electron chi connectivity index (χ0n) is 12.1. The Balaban J connectivity index is 1.73. The van der Waals surface area contributed by atoms with Crippen molar-refractivity contribution in [2.24, 2.45) is 0 Å². The highest BCUT2D eigenvalue weighted by Crippen LogP contribution is 2.24. The van der Waals surface area contributed by atoms with Crippen LogP contribution < -0.4 is 4.74 Å². The molecule has 0 spiro atoms. The van der Waals surface area contributed by atoms with Gasteiger partial charge < -0.3 is 23.5 Å². The Morgan fingerprint density at radius 2 is 2.43 bits per heavy atom. The van der Waals surface area contributed by atoms with Crippen molar-refractivity contribution in [3.63, 3.8) is 0 Å². The van der Waals surface area contributed by atoms with Crippen LogP contribution in [-0.4, -0.2) is 60.9 Å². The van der Waals surface area contributed by atoms with Crippen molar-refractivity contribution in [1.29, 1.82) is 0 Å². The van der Waals surface area contributed by atoms with Crippen LogP contribution in [0.25, 0.3) is 0 Å². The molecule has 0 bridgehead atoms. The molecule has 2 saturated heterocycles. The minimum Gasteiger partial charge on any atom is -0.450 e. The van der Waals surface area contributed by atoms with E-state index >= 15 is 0 Å². The summed E-state index contributed by atoms with van der Waals surface area (Å²) in [6.45, 7) is 4.62. The first kappa shape index (κ1) is 14.3. The minimum absolute atomic E-state index is 0.0486. The molecule has 1 aromatic rings. The number of nitrogens with zero attached hydrogens (tertiary/aromatic N) is 2. The number of morpholine rings is 1. The van der Waals surface area contributed by atoms with Crippen molar-refractivity contribution in [3.8, 4) is 6.08 Å². The first-order chi connectivity index (χ1) is 10.3. The number of rotatable bonds is 4. The highest BCUT2D eigenvalue weighted by molar-refractivity contribution is 5.92. The second-order valence-electron chi connectivity index (χ2n) is 5.12. The third-order valence-corrected chi connectivity index (χ3v) is 3.79. The molecule has 1 amide bonds. The number of carbonyl (C=O) groups is 1. The van der Waals surface area contributed by atoms with Gasteiger partial charge in [0.05, 0.1) is 32.0 Å². The van der Waals surface area contributed by atoms with E-state index in [2.05, 4.69) is 4.98 Å². The summed E-state index contributed by atoms with van der Waals surface area (Å²) in [5, 5.41) is 0. The lowest BCUT2D eigenvalue weighted by atomic mass is 10.1. The molecular weight excluding hydrogens is 276 g/mol. The fraction of sp³-hybridized carbons (Fsp3) is 0.714. The lowest BCUT2D eigenvalue weighted by Crippen LogP contribution is -2.54. The molecule has 2 aliphatic rings. The van der Waals surface area contributed by atoms with Gasteiger partial charge in [-0.05, 0) is 19.8 Å². The van der Waals surface area contributed by atoms with Gasteiger partial charge in [-0.25, -0.2) is 0 Å². The van der Waals surface area contributed by atoms with E-state index in [4.69, 9.17) is 18.6 Å². The third kappa shape index (κ3) is 3.03. The van der Waals surface area contributed by atoms with Crippen molar-refractivity contribution in [2.45, 2.75) is 31.9 Å². The van der Waals surface area contributed by atoms with Crippen molar-refractivity contribution in [3.05, 3.63) is 12.0 Å². The van der Waals surface area contributed by atoms with Gasteiger partial charge in [0.15, 0.2) is 5.69 Å². The van der Waals surface area contributed by atoms with Gasteiger partial charge in [-0.15, -0.1) is 0 Å². The average Bonchev–Trinajstić information content (AvgIpc) is 3.18. The van der Waals surface area contributed by atoms with Crippen LogP contribution in [0.4, 0.5) is 0 Å². The van der Waals surface area contributed by atoms with Crippen LogP contribution in [0.3, 0.4) is 0 Å². The molecule has 0 N–H and O–H groups in total. The van der Waals surface area contributed by atoms with E-state index in [1.807, 2.05) is 6.92 Å². The summed E-state index contributed by atoms with van der Waals surface area (Å²) in [7, 11) is 0. The average molecular weight is 296 g/mol. The number of ether oxygens (including phenoxy) is 3. The third-order valence-electron chi connectivity index (χ3n) is 3.79. The van der Waals surface area contributed by atoms with Crippen LogP contribution in [0, 0.1) is 0 Å². The van der Waals surface area contributed by atoms with E-state index in [1.165, 1.54) is 6.26 Å². The van der Waals surface area contributed by atoms with E-state index in [-0.39, 0.29) is 29.8 Å². The Morgan fingerprint density at radius 1 is 1.52 bits per heavy atom. The molecule has 1 aromatic heterocycles. The second kappa shape index (κ2) is 6.44. The van der Waals surface area contributed by atoms with Gasteiger partial charge in [0.2, 0.25) is 0 Å². The summed E-state index contributed by atoms with van der Waals surface area (Å²) in [5.74, 6) is -0.159. The zero-order valence-corrected chi connectivity index (χ0v) is 12.1. The molecule has 0 aliphatic carbocycles. The molecule has 7 nitrogen and oxygen atoms in total. The van der Waals surface area contributed by atoms with E-state index in [1.54, 1.807) is 4.90 Å². The summed E-state index contributed by atoms with van der Waals surface area (Å²) in [6.07, 6.45) is 3.51. The molecule has 7 heteroatoms. The van der Waals surface area contributed by atoms with Crippen LogP contribution in [0.1, 0.15) is 30.3 Å². The molecule has 2 unspecified atom stereocenters. The maximum absolute atomic E-state index is 12.6. The Bertz CT molecular complexity index is 483. The summed E-state index contributed by atoms with van der Waals surface area (Å²) in [6, 6.07) is -0.0546. The molecule has 0 saturated carbocycles. The van der Waals surface area contributed by atoms with Crippen LogP contribution in [0.5, 0.6) is 6.08 Å². The summed E-state index contributed by atoms with van der Waals surface area (Å²) >= 11 is 0. The van der Waals surface area contributed by atoms with Crippen LogP contribution in [-0.2, 0) is 9.47 Å². The van der Waals surface area contributed by atoms with E-state index in [9.17, 15) is 4.79 Å². The summed E-state index contributed by atoms with van der Waals surface area (Å²) in [4.78, 5) is 18.5. The maximum Gasteiger partial charge on any atom is 0.394 e. The highest BCUT2D eigenvalue weighted by atomic mass is 16.6. The fourth-order valence-electron chi connectivity index (χ4n) is 2.78. The monoisotopic (exact) mass is 296 g/mol. The van der Waals surface area contributed by atoms with E-state index in [0.717, 1.165) is 19.4 Å². The van der Waals surface area contributed by atoms with Crippen LogP contribution >= 0.6 is 0 Å². The number of amides is 1. The van der Waals surface area contributed by atoms with E-state index < -0.39 is 0 Å². The summed E-state index contributed by atoms with van der Waals surface area (Å²) < 4.78 is 21.5. The fourth-order valence-corrected chi connectivity index (χ4v) is 2.78. The number of aromatic nitrogens is 1. The molecular formula is C14H20N2O5. The minimum atomic E-state index is -0.159. The predicted octanol–water partition coefficient (Wildman–Crippen LogP) is 1.09. The topological polar surface area (TPSA) is 74.0 Å². The van der Waals surface area contributed by atoms with Crippen molar-refractivity contribution in [1.82, 2.24) is 9.88 Å². The van der Waals surface area contributed by atoms with Crippen molar-refractivity contribution in [2.75, 3.05) is 33.0 Å². The number of hydrogen-bond acceptors (Lipinski definition) is 6. The molecule has 3 rings (SSSR count). The molecule has 3 heterocycles. The summed E-state index contributed by atoms with van der Waals surface area (Å²) in [5.41, 5.74) is 0.267. The van der Waals surface area contributed by atoms with Gasteiger partial charge in [-0.3, -0.25) is 4.79 Å². The zero-order chi connectivity index (χ0) is 14.7. The molecule has 21 heavy (non-hydrogen) atoms. The molecule has 2 aliphatic heterocycles. The molecule has 116 valence electrons. The first-order valence-corrected chi connectivity index (χ1v) is 7.38. The Hall–Kier alpha value is -1.60. The van der Waals surface area contributed by atoms with Crippen molar-refractivity contribution >= 4 is 5.91 Å².